The van der Waals surface area contributed by atoms with Gasteiger partial charge >= 0.3 is 0 Å². The summed E-state index contributed by atoms with van der Waals surface area (Å²) in [5.41, 5.74) is 1.14. The molecule has 0 aliphatic heterocycles. The maximum atomic E-state index is 12.1. The molecule has 19 heavy (non-hydrogen) atoms. The number of benzene rings is 1. The van der Waals surface area contributed by atoms with Crippen molar-refractivity contribution in [2.45, 2.75) is 43.1 Å². The summed E-state index contributed by atoms with van der Waals surface area (Å²) in [4.78, 5) is 12.1. The van der Waals surface area contributed by atoms with Crippen molar-refractivity contribution in [3.05, 3.63) is 35.9 Å². The predicted molar refractivity (Wildman–Crippen MR) is 79.5 cm³/mol. The number of nitrogens with one attached hydrogen (secondary N) is 1. The van der Waals surface area contributed by atoms with Gasteiger partial charge < -0.3 is 10.1 Å². The summed E-state index contributed by atoms with van der Waals surface area (Å²) in [5.74, 6) is 0.0222. The number of hydrogen-bond acceptors (Lipinski definition) is 3. The normalized spacial score (nSPS) is 24.1. The van der Waals surface area contributed by atoms with Crippen LogP contribution in [0.1, 0.15) is 24.8 Å². The van der Waals surface area contributed by atoms with Gasteiger partial charge in [0.05, 0.1) is 11.4 Å². The molecule has 0 saturated heterocycles. The molecule has 2 rings (SSSR count). The van der Waals surface area contributed by atoms with E-state index in [0.29, 0.717) is 6.42 Å². The second-order valence-corrected chi connectivity index (χ2v) is 5.71. The van der Waals surface area contributed by atoms with Gasteiger partial charge in [0.1, 0.15) is 0 Å². The molecule has 1 saturated carbocycles. The Morgan fingerprint density at radius 2 is 2.16 bits per heavy atom. The van der Waals surface area contributed by atoms with Crippen LogP contribution in [0.5, 0.6) is 0 Å². The number of amides is 1. The molecule has 0 radical (unpaired) electrons. The van der Waals surface area contributed by atoms with Gasteiger partial charge in [0.25, 0.3) is 0 Å². The van der Waals surface area contributed by atoms with E-state index in [1.807, 2.05) is 30.3 Å². The van der Waals surface area contributed by atoms with Gasteiger partial charge in [-0.15, -0.1) is 0 Å². The molecule has 1 fully saturated rings. The van der Waals surface area contributed by atoms with Gasteiger partial charge in [0.2, 0.25) is 5.91 Å². The second-order valence-electron chi connectivity index (χ2n) is 5.08. The van der Waals surface area contributed by atoms with Gasteiger partial charge in [-0.3, -0.25) is 4.79 Å². The van der Waals surface area contributed by atoms with Crippen LogP contribution in [0.25, 0.3) is 0 Å². The summed E-state index contributed by atoms with van der Waals surface area (Å²) in [7, 11) is 1.73. The standard InChI is InChI=1S/C15H21NO2S/c1-18-13-8-7-12(10-13)16-15(17)14(19)9-11-5-3-2-4-6-11/h2-6,12-14,19H,7-10H2,1H3,(H,16,17). The highest BCUT2D eigenvalue weighted by atomic mass is 32.1. The fourth-order valence-electron chi connectivity index (χ4n) is 2.51. The zero-order valence-electron chi connectivity index (χ0n) is 11.2. The first-order valence-electron chi connectivity index (χ1n) is 6.74. The third kappa shape index (κ3) is 4.25. The molecule has 3 atom stereocenters. The lowest BCUT2D eigenvalue weighted by molar-refractivity contribution is -0.121. The Labute approximate surface area is 120 Å². The fraction of sp³-hybridized carbons (Fsp3) is 0.533. The molecule has 104 valence electrons. The lowest BCUT2D eigenvalue weighted by Gasteiger charge is -2.16. The second kappa shape index (κ2) is 6.96. The van der Waals surface area contributed by atoms with Gasteiger partial charge in [-0.2, -0.15) is 12.6 Å². The van der Waals surface area contributed by atoms with E-state index in [9.17, 15) is 4.79 Å². The molecule has 1 aromatic rings. The van der Waals surface area contributed by atoms with Crippen LogP contribution in [0.4, 0.5) is 0 Å². The van der Waals surface area contributed by atoms with Gasteiger partial charge in [0.15, 0.2) is 0 Å². The van der Waals surface area contributed by atoms with E-state index in [4.69, 9.17) is 4.74 Å². The lowest BCUT2D eigenvalue weighted by Crippen LogP contribution is -2.39. The first kappa shape index (κ1) is 14.4. The third-order valence-electron chi connectivity index (χ3n) is 3.64. The Morgan fingerprint density at radius 3 is 2.79 bits per heavy atom. The summed E-state index contributed by atoms with van der Waals surface area (Å²) in [6.07, 6.45) is 3.88. The van der Waals surface area contributed by atoms with E-state index in [1.54, 1.807) is 7.11 Å². The number of methoxy groups -OCH3 is 1. The molecule has 1 aliphatic carbocycles. The molecule has 1 aliphatic rings. The molecule has 4 heteroatoms. The van der Waals surface area contributed by atoms with Gasteiger partial charge in [-0.25, -0.2) is 0 Å². The SMILES string of the molecule is COC1CCC(NC(=O)C(S)Cc2ccccc2)C1. The molecular formula is C15H21NO2S. The minimum absolute atomic E-state index is 0.0222. The topological polar surface area (TPSA) is 38.3 Å². The van der Waals surface area contributed by atoms with E-state index in [2.05, 4.69) is 17.9 Å². The van der Waals surface area contributed by atoms with E-state index < -0.39 is 0 Å². The van der Waals surface area contributed by atoms with E-state index in [-0.39, 0.29) is 23.3 Å². The van der Waals surface area contributed by atoms with E-state index in [0.717, 1.165) is 24.8 Å². The number of carbonyl (C=O) groups is 1. The Hall–Kier alpha value is -1.00. The summed E-state index contributed by atoms with van der Waals surface area (Å²) >= 11 is 4.41. The van der Waals surface area contributed by atoms with Crippen molar-refractivity contribution in [2.24, 2.45) is 0 Å². The Kier molecular flexibility index (Phi) is 5.28. The zero-order chi connectivity index (χ0) is 13.7. The molecule has 0 bridgehead atoms. The molecule has 3 nitrogen and oxygen atoms in total. The molecule has 1 aromatic carbocycles. The first-order chi connectivity index (χ1) is 9.19. The number of rotatable bonds is 5. The number of carbonyl (C=O) groups excluding carboxylic acids is 1. The summed E-state index contributed by atoms with van der Waals surface area (Å²) in [6.45, 7) is 0. The smallest absolute Gasteiger partial charge is 0.233 e. The average molecular weight is 279 g/mol. The monoisotopic (exact) mass is 279 g/mol. The lowest BCUT2D eigenvalue weighted by atomic mass is 10.1. The number of ether oxygens (including phenoxy) is 1. The van der Waals surface area contributed by atoms with Crippen LogP contribution in [-0.4, -0.2) is 30.4 Å². The largest absolute Gasteiger partial charge is 0.381 e. The van der Waals surface area contributed by atoms with Crippen molar-refractivity contribution >= 4 is 18.5 Å². The molecule has 1 N–H and O–H groups in total. The number of thiol groups is 1. The third-order valence-corrected chi connectivity index (χ3v) is 4.06. The Balaban J connectivity index is 1.80. The van der Waals surface area contributed by atoms with Crippen LogP contribution in [0.2, 0.25) is 0 Å². The van der Waals surface area contributed by atoms with Crippen LogP contribution in [0.3, 0.4) is 0 Å². The van der Waals surface area contributed by atoms with E-state index in [1.165, 1.54) is 0 Å². The molecule has 0 spiro atoms. The quantitative estimate of drug-likeness (QED) is 0.811. The average Bonchev–Trinajstić information content (AvgIpc) is 2.87. The zero-order valence-corrected chi connectivity index (χ0v) is 12.1. The van der Waals surface area contributed by atoms with Crippen molar-refractivity contribution in [2.75, 3.05) is 7.11 Å². The highest BCUT2D eigenvalue weighted by Crippen LogP contribution is 2.21. The van der Waals surface area contributed by atoms with Gasteiger partial charge in [-0.05, 0) is 31.2 Å². The summed E-state index contributed by atoms with van der Waals surface area (Å²) in [6, 6.07) is 10.2. The predicted octanol–water partition coefficient (Wildman–Crippen LogP) is 2.21. The molecule has 1 amide bonds. The summed E-state index contributed by atoms with van der Waals surface area (Å²) in [5, 5.41) is 2.78. The van der Waals surface area contributed by atoms with E-state index >= 15 is 0 Å². The van der Waals surface area contributed by atoms with Crippen LogP contribution < -0.4 is 5.32 Å². The minimum atomic E-state index is -0.288. The highest BCUT2D eigenvalue weighted by molar-refractivity contribution is 7.81. The van der Waals surface area contributed by atoms with Crippen molar-refractivity contribution in [3.63, 3.8) is 0 Å². The number of hydrogen-bond donors (Lipinski definition) is 2. The minimum Gasteiger partial charge on any atom is -0.381 e. The molecule has 3 unspecified atom stereocenters. The maximum Gasteiger partial charge on any atom is 0.233 e. The summed E-state index contributed by atoms with van der Waals surface area (Å²) < 4.78 is 5.31. The van der Waals surface area contributed by atoms with Crippen molar-refractivity contribution in [1.29, 1.82) is 0 Å². The van der Waals surface area contributed by atoms with Crippen molar-refractivity contribution in [1.82, 2.24) is 5.32 Å². The van der Waals surface area contributed by atoms with Crippen molar-refractivity contribution in [3.8, 4) is 0 Å². The molecular weight excluding hydrogens is 258 g/mol. The van der Waals surface area contributed by atoms with Crippen LogP contribution >= 0.6 is 12.6 Å². The fourth-order valence-corrected chi connectivity index (χ4v) is 2.80. The van der Waals surface area contributed by atoms with Gasteiger partial charge in [-0.1, -0.05) is 30.3 Å². The first-order valence-corrected chi connectivity index (χ1v) is 7.26. The Bertz CT molecular complexity index is 410. The maximum absolute atomic E-state index is 12.1. The van der Waals surface area contributed by atoms with Gasteiger partial charge in [0, 0.05) is 13.2 Å². The van der Waals surface area contributed by atoms with Crippen molar-refractivity contribution < 1.29 is 9.53 Å². The van der Waals surface area contributed by atoms with Crippen LogP contribution in [0.15, 0.2) is 30.3 Å². The Morgan fingerprint density at radius 1 is 1.42 bits per heavy atom. The highest BCUT2D eigenvalue weighted by Gasteiger charge is 2.27. The van der Waals surface area contributed by atoms with Crippen LogP contribution in [-0.2, 0) is 16.0 Å². The van der Waals surface area contributed by atoms with Crippen LogP contribution in [0, 0.1) is 0 Å². The molecule has 0 heterocycles. The molecule has 0 aromatic heterocycles.